The lowest BCUT2D eigenvalue weighted by Crippen LogP contribution is -2.38. The van der Waals surface area contributed by atoms with Gasteiger partial charge in [-0.1, -0.05) is 24.6 Å². The molecular formula is C16H24N2. The summed E-state index contributed by atoms with van der Waals surface area (Å²) in [5.41, 5.74) is 3.03. The van der Waals surface area contributed by atoms with E-state index in [0.29, 0.717) is 0 Å². The molecule has 2 aliphatic heterocycles. The second-order valence-corrected chi connectivity index (χ2v) is 5.65. The Kier molecular flexibility index (Phi) is 3.84. The summed E-state index contributed by atoms with van der Waals surface area (Å²) < 4.78 is 0. The van der Waals surface area contributed by atoms with Crippen LogP contribution in [0.15, 0.2) is 24.3 Å². The highest BCUT2D eigenvalue weighted by Crippen LogP contribution is 2.27. The van der Waals surface area contributed by atoms with Gasteiger partial charge in [-0.25, -0.2) is 0 Å². The predicted molar refractivity (Wildman–Crippen MR) is 77.2 cm³/mol. The molecular weight excluding hydrogens is 220 g/mol. The van der Waals surface area contributed by atoms with Crippen molar-refractivity contribution in [3.63, 3.8) is 0 Å². The van der Waals surface area contributed by atoms with Gasteiger partial charge in [0.25, 0.3) is 0 Å². The normalized spacial score (nSPS) is 23.8. The number of para-hydroxylation sites is 1. The van der Waals surface area contributed by atoms with Gasteiger partial charge in [0.2, 0.25) is 0 Å². The second kappa shape index (κ2) is 5.75. The van der Waals surface area contributed by atoms with Gasteiger partial charge >= 0.3 is 0 Å². The van der Waals surface area contributed by atoms with Crippen LogP contribution in [-0.4, -0.2) is 25.7 Å². The predicted octanol–water partition coefficient (Wildman–Crippen LogP) is 2.97. The van der Waals surface area contributed by atoms with Crippen LogP contribution in [0.1, 0.15) is 37.7 Å². The van der Waals surface area contributed by atoms with Crippen molar-refractivity contribution >= 4 is 5.69 Å². The first kappa shape index (κ1) is 12.0. The fourth-order valence-electron chi connectivity index (χ4n) is 3.33. The van der Waals surface area contributed by atoms with Gasteiger partial charge in [0.1, 0.15) is 0 Å². The molecule has 2 aliphatic rings. The van der Waals surface area contributed by atoms with Crippen LogP contribution >= 0.6 is 0 Å². The lowest BCUT2D eigenvalue weighted by atomic mass is 9.99. The number of nitrogens with one attached hydrogen (secondary N) is 1. The molecule has 2 heteroatoms. The molecule has 1 fully saturated rings. The van der Waals surface area contributed by atoms with Crippen molar-refractivity contribution in [3.05, 3.63) is 29.8 Å². The smallest absolute Gasteiger partial charge is 0.0398 e. The van der Waals surface area contributed by atoms with Gasteiger partial charge in [0.05, 0.1) is 0 Å². The zero-order chi connectivity index (χ0) is 12.2. The number of fused-ring (bicyclic) bond motifs is 1. The zero-order valence-corrected chi connectivity index (χ0v) is 11.2. The van der Waals surface area contributed by atoms with Gasteiger partial charge in [-0.3, -0.25) is 0 Å². The molecule has 1 N–H and O–H groups in total. The van der Waals surface area contributed by atoms with E-state index in [1.165, 1.54) is 63.8 Å². The summed E-state index contributed by atoms with van der Waals surface area (Å²) >= 11 is 0. The molecule has 1 aromatic carbocycles. The number of piperidine rings is 1. The number of hydrogen-bond acceptors (Lipinski definition) is 2. The quantitative estimate of drug-likeness (QED) is 0.879. The summed E-state index contributed by atoms with van der Waals surface area (Å²) in [6.45, 7) is 3.68. The Labute approximate surface area is 110 Å². The maximum atomic E-state index is 3.66. The summed E-state index contributed by atoms with van der Waals surface area (Å²) in [6.07, 6.45) is 8.02. The van der Waals surface area contributed by atoms with Gasteiger partial charge < -0.3 is 10.2 Å². The molecule has 98 valence electrons. The van der Waals surface area contributed by atoms with E-state index in [4.69, 9.17) is 0 Å². The monoisotopic (exact) mass is 244 g/mol. The van der Waals surface area contributed by atoms with Gasteiger partial charge in [0.15, 0.2) is 0 Å². The van der Waals surface area contributed by atoms with E-state index in [0.717, 1.165) is 6.04 Å². The van der Waals surface area contributed by atoms with Crippen molar-refractivity contribution in [3.8, 4) is 0 Å². The lowest BCUT2D eigenvalue weighted by Gasteiger charge is -2.33. The second-order valence-electron chi connectivity index (χ2n) is 5.65. The maximum Gasteiger partial charge on any atom is 0.0398 e. The van der Waals surface area contributed by atoms with Crippen LogP contribution in [0.4, 0.5) is 5.69 Å². The molecule has 0 aromatic heterocycles. The Morgan fingerprint density at radius 2 is 2.11 bits per heavy atom. The number of benzene rings is 1. The van der Waals surface area contributed by atoms with Crippen LogP contribution in [0.25, 0.3) is 0 Å². The van der Waals surface area contributed by atoms with Gasteiger partial charge in [-0.2, -0.15) is 0 Å². The summed E-state index contributed by atoms with van der Waals surface area (Å²) in [5, 5.41) is 3.66. The first-order valence-electron chi connectivity index (χ1n) is 7.50. The van der Waals surface area contributed by atoms with Gasteiger partial charge in [-0.05, 0) is 50.3 Å². The van der Waals surface area contributed by atoms with Crippen LogP contribution in [-0.2, 0) is 6.42 Å². The first-order chi connectivity index (χ1) is 8.93. The van der Waals surface area contributed by atoms with Crippen LogP contribution < -0.4 is 10.2 Å². The van der Waals surface area contributed by atoms with E-state index < -0.39 is 0 Å². The zero-order valence-electron chi connectivity index (χ0n) is 11.2. The summed E-state index contributed by atoms with van der Waals surface area (Å²) in [5.74, 6) is 0. The Balaban J connectivity index is 1.60. The Hall–Kier alpha value is -1.02. The Morgan fingerprint density at radius 1 is 1.17 bits per heavy atom. The molecule has 0 saturated carbocycles. The van der Waals surface area contributed by atoms with E-state index in [2.05, 4.69) is 34.5 Å². The summed E-state index contributed by atoms with van der Waals surface area (Å²) in [7, 11) is 0. The van der Waals surface area contributed by atoms with E-state index >= 15 is 0 Å². The average Bonchev–Trinajstić information content (AvgIpc) is 2.46. The summed E-state index contributed by atoms with van der Waals surface area (Å²) in [4.78, 5) is 2.59. The number of nitrogens with zero attached hydrogens (tertiary/aromatic N) is 1. The van der Waals surface area contributed by atoms with Crippen molar-refractivity contribution in [2.75, 3.05) is 24.5 Å². The Morgan fingerprint density at radius 3 is 3.00 bits per heavy atom. The number of anilines is 1. The minimum atomic E-state index is 0.757. The van der Waals surface area contributed by atoms with Crippen LogP contribution in [0.3, 0.4) is 0 Å². The van der Waals surface area contributed by atoms with Crippen molar-refractivity contribution < 1.29 is 0 Å². The third-order valence-electron chi connectivity index (χ3n) is 4.37. The lowest BCUT2D eigenvalue weighted by molar-refractivity contribution is 0.382. The molecule has 0 bridgehead atoms. The van der Waals surface area contributed by atoms with Crippen molar-refractivity contribution in [1.82, 2.24) is 5.32 Å². The first-order valence-corrected chi connectivity index (χ1v) is 7.50. The standard InChI is InChI=1S/C16H24N2/c1-2-9-16-14(6-1)7-5-12-18(16)13-10-15-8-3-4-11-17-15/h1-2,6,9,15,17H,3-5,7-8,10-13H2/t15-/m1/s1. The van der Waals surface area contributed by atoms with E-state index in [1.807, 2.05) is 0 Å². The molecule has 2 nitrogen and oxygen atoms in total. The average molecular weight is 244 g/mol. The molecule has 0 amide bonds. The molecule has 18 heavy (non-hydrogen) atoms. The Bertz CT molecular complexity index is 382. The molecule has 0 spiro atoms. The van der Waals surface area contributed by atoms with E-state index in [1.54, 1.807) is 5.56 Å². The van der Waals surface area contributed by atoms with Crippen LogP contribution in [0, 0.1) is 0 Å². The number of hydrogen-bond donors (Lipinski definition) is 1. The van der Waals surface area contributed by atoms with Crippen molar-refractivity contribution in [2.45, 2.75) is 44.6 Å². The number of rotatable bonds is 3. The van der Waals surface area contributed by atoms with Gasteiger partial charge in [-0.15, -0.1) is 0 Å². The highest BCUT2D eigenvalue weighted by molar-refractivity contribution is 5.55. The molecule has 1 aromatic rings. The molecule has 2 heterocycles. The third kappa shape index (κ3) is 2.69. The van der Waals surface area contributed by atoms with E-state index in [9.17, 15) is 0 Å². The van der Waals surface area contributed by atoms with E-state index in [-0.39, 0.29) is 0 Å². The van der Waals surface area contributed by atoms with Crippen LogP contribution in [0.5, 0.6) is 0 Å². The fourth-order valence-corrected chi connectivity index (χ4v) is 3.33. The molecule has 1 saturated heterocycles. The summed E-state index contributed by atoms with van der Waals surface area (Å²) in [6, 6.07) is 9.69. The fraction of sp³-hybridized carbons (Fsp3) is 0.625. The SMILES string of the molecule is c1ccc2c(c1)CCCN2CC[C@H]1CCCCN1. The largest absolute Gasteiger partial charge is 0.371 e. The molecule has 0 aliphatic carbocycles. The molecule has 0 unspecified atom stereocenters. The maximum absolute atomic E-state index is 3.66. The third-order valence-corrected chi connectivity index (χ3v) is 4.37. The topological polar surface area (TPSA) is 15.3 Å². The minimum Gasteiger partial charge on any atom is -0.371 e. The van der Waals surface area contributed by atoms with Crippen molar-refractivity contribution in [1.29, 1.82) is 0 Å². The number of aryl methyl sites for hydroxylation is 1. The van der Waals surface area contributed by atoms with Crippen molar-refractivity contribution in [2.24, 2.45) is 0 Å². The minimum absolute atomic E-state index is 0.757. The molecule has 1 atom stereocenters. The molecule has 0 radical (unpaired) electrons. The molecule has 3 rings (SSSR count). The van der Waals surface area contributed by atoms with Crippen LogP contribution in [0.2, 0.25) is 0 Å². The van der Waals surface area contributed by atoms with Gasteiger partial charge in [0, 0.05) is 24.8 Å². The highest BCUT2D eigenvalue weighted by atomic mass is 15.1. The highest BCUT2D eigenvalue weighted by Gasteiger charge is 2.18.